The maximum Gasteiger partial charge on any atom is 0.0676 e. The largest absolute Gasteiger partial charge is 0.130 e. The first-order valence-electron chi connectivity index (χ1n) is 5.10. The molecule has 0 aromatic rings. The summed E-state index contributed by atoms with van der Waals surface area (Å²) in [4.78, 5) is 0. The molecular weight excluding hydrogens is 247 g/mol. The molecule has 4 heteroatoms. The first-order chi connectivity index (χ1) is 6.33. The van der Waals surface area contributed by atoms with Gasteiger partial charge in [-0.05, 0) is 12.1 Å². The van der Waals surface area contributed by atoms with Crippen LogP contribution in [0, 0.1) is 0 Å². The molecular formula is C10H22Cl2Si2. The van der Waals surface area contributed by atoms with Crippen LogP contribution in [0.15, 0.2) is 12.2 Å². The molecule has 0 aliphatic carbocycles. The lowest BCUT2D eigenvalue weighted by Gasteiger charge is -2.17. The SMILES string of the molecule is C[Si](C)(CCl)C/C=C/C[Si](C)(C)CCl. The Morgan fingerprint density at radius 2 is 1.07 bits per heavy atom. The van der Waals surface area contributed by atoms with Gasteiger partial charge < -0.3 is 0 Å². The van der Waals surface area contributed by atoms with Crippen LogP contribution in [0.25, 0.3) is 0 Å². The highest BCUT2D eigenvalue weighted by atomic mass is 35.5. The van der Waals surface area contributed by atoms with Gasteiger partial charge in [-0.1, -0.05) is 38.3 Å². The molecule has 0 radical (unpaired) electrons. The van der Waals surface area contributed by atoms with Crippen molar-refractivity contribution in [3.05, 3.63) is 12.2 Å². The first kappa shape index (κ1) is 14.8. The molecule has 0 aliphatic rings. The van der Waals surface area contributed by atoms with Crippen LogP contribution in [0.2, 0.25) is 38.3 Å². The van der Waals surface area contributed by atoms with Crippen molar-refractivity contribution < 1.29 is 0 Å². The minimum Gasteiger partial charge on any atom is -0.130 e. The fourth-order valence-corrected chi connectivity index (χ4v) is 3.40. The van der Waals surface area contributed by atoms with Crippen molar-refractivity contribution in [2.75, 3.05) is 11.0 Å². The Balaban J connectivity index is 3.86. The van der Waals surface area contributed by atoms with Gasteiger partial charge in [0.1, 0.15) is 0 Å². The van der Waals surface area contributed by atoms with Crippen LogP contribution in [-0.2, 0) is 0 Å². The molecule has 0 heterocycles. The van der Waals surface area contributed by atoms with Gasteiger partial charge in [-0.3, -0.25) is 0 Å². The van der Waals surface area contributed by atoms with Crippen molar-refractivity contribution in [1.29, 1.82) is 0 Å². The number of halogens is 2. The Hall–Kier alpha value is 0.754. The predicted octanol–water partition coefficient (Wildman–Crippen LogP) is 4.52. The van der Waals surface area contributed by atoms with Gasteiger partial charge in [-0.15, -0.1) is 23.2 Å². The second-order valence-electron chi connectivity index (χ2n) is 5.48. The highest BCUT2D eigenvalue weighted by Gasteiger charge is 2.18. The second kappa shape index (κ2) is 6.36. The van der Waals surface area contributed by atoms with E-state index in [0.29, 0.717) is 0 Å². The summed E-state index contributed by atoms with van der Waals surface area (Å²) in [5.74, 6) is 0. The quantitative estimate of drug-likeness (QED) is 0.378. The average Bonchev–Trinajstić information content (AvgIpc) is 2.13. The van der Waals surface area contributed by atoms with Crippen LogP contribution in [0.1, 0.15) is 0 Å². The van der Waals surface area contributed by atoms with Crippen molar-refractivity contribution in [2.45, 2.75) is 38.3 Å². The third kappa shape index (κ3) is 7.10. The summed E-state index contributed by atoms with van der Waals surface area (Å²) >= 11 is 11.8. The van der Waals surface area contributed by atoms with Crippen molar-refractivity contribution in [2.24, 2.45) is 0 Å². The van der Waals surface area contributed by atoms with Crippen LogP contribution < -0.4 is 0 Å². The molecule has 0 spiro atoms. The maximum atomic E-state index is 5.90. The fraction of sp³-hybridized carbons (Fsp3) is 0.800. The highest BCUT2D eigenvalue weighted by molar-refractivity contribution is 6.84. The predicted molar refractivity (Wildman–Crippen MR) is 75.2 cm³/mol. The van der Waals surface area contributed by atoms with E-state index in [-0.39, 0.29) is 0 Å². The molecule has 0 bridgehead atoms. The van der Waals surface area contributed by atoms with Gasteiger partial charge in [0.2, 0.25) is 0 Å². The van der Waals surface area contributed by atoms with Crippen LogP contribution >= 0.6 is 23.2 Å². The molecule has 0 N–H and O–H groups in total. The smallest absolute Gasteiger partial charge is 0.0676 e. The zero-order valence-corrected chi connectivity index (χ0v) is 13.3. The van der Waals surface area contributed by atoms with E-state index < -0.39 is 16.1 Å². The summed E-state index contributed by atoms with van der Waals surface area (Å²) in [6.07, 6.45) is 4.63. The standard InChI is InChI=1S/C10H22Cl2Si2/c1-13(2,9-11)7-5-6-8-14(3,4)10-12/h5-6H,7-10H2,1-4H3/b6-5+. The molecule has 0 aliphatic heterocycles. The Labute approximate surface area is 101 Å². The Bertz CT molecular complexity index is 169. The van der Waals surface area contributed by atoms with Gasteiger partial charge in [0.05, 0.1) is 16.1 Å². The van der Waals surface area contributed by atoms with Crippen molar-refractivity contribution in [3.63, 3.8) is 0 Å². The third-order valence-electron chi connectivity index (χ3n) is 2.23. The number of hydrogen-bond donors (Lipinski definition) is 0. The topological polar surface area (TPSA) is 0 Å². The molecule has 0 aromatic heterocycles. The molecule has 0 saturated carbocycles. The monoisotopic (exact) mass is 268 g/mol. The number of rotatable bonds is 6. The Morgan fingerprint density at radius 3 is 1.29 bits per heavy atom. The van der Waals surface area contributed by atoms with Crippen LogP contribution in [0.3, 0.4) is 0 Å². The molecule has 0 aromatic carbocycles. The normalized spacial score (nSPS) is 13.9. The summed E-state index contributed by atoms with van der Waals surface area (Å²) in [6.45, 7) is 9.31. The summed E-state index contributed by atoms with van der Waals surface area (Å²) in [5, 5.41) is 0. The fourth-order valence-electron chi connectivity index (χ4n) is 0.914. The number of allylic oxidation sites excluding steroid dienone is 2. The van der Waals surface area contributed by atoms with Crippen molar-refractivity contribution in [3.8, 4) is 0 Å². The minimum atomic E-state index is -1.12. The Kier molecular flexibility index (Phi) is 6.70. The number of hydrogen-bond acceptors (Lipinski definition) is 0. The van der Waals surface area contributed by atoms with E-state index in [1.54, 1.807) is 0 Å². The van der Waals surface area contributed by atoms with Gasteiger partial charge in [-0.2, -0.15) is 0 Å². The lowest BCUT2D eigenvalue weighted by molar-refractivity contribution is 1.43. The van der Waals surface area contributed by atoms with E-state index in [1.807, 2.05) is 0 Å². The first-order valence-corrected chi connectivity index (χ1v) is 13.0. The molecule has 0 saturated heterocycles. The summed E-state index contributed by atoms with van der Waals surface area (Å²) in [6, 6.07) is 2.40. The molecule has 0 amide bonds. The lowest BCUT2D eigenvalue weighted by atomic mass is 10.6. The van der Waals surface area contributed by atoms with E-state index >= 15 is 0 Å². The average molecular weight is 269 g/mol. The van der Waals surface area contributed by atoms with Gasteiger partial charge in [0, 0.05) is 11.0 Å². The molecule has 0 rings (SSSR count). The van der Waals surface area contributed by atoms with E-state index in [1.165, 1.54) is 12.1 Å². The van der Waals surface area contributed by atoms with Gasteiger partial charge in [-0.25, -0.2) is 0 Å². The Morgan fingerprint density at radius 1 is 0.786 bits per heavy atom. The van der Waals surface area contributed by atoms with Crippen LogP contribution in [-0.4, -0.2) is 27.2 Å². The third-order valence-corrected chi connectivity index (χ3v) is 10.7. The van der Waals surface area contributed by atoms with Gasteiger partial charge >= 0.3 is 0 Å². The number of alkyl halides is 2. The van der Waals surface area contributed by atoms with Crippen molar-refractivity contribution >= 4 is 39.3 Å². The van der Waals surface area contributed by atoms with Gasteiger partial charge in [0.25, 0.3) is 0 Å². The molecule has 0 atom stereocenters. The summed E-state index contributed by atoms with van der Waals surface area (Å²) in [5.41, 5.74) is 1.71. The molecule has 0 fully saturated rings. The minimum absolute atomic E-state index is 0.855. The molecule has 0 nitrogen and oxygen atoms in total. The van der Waals surface area contributed by atoms with Crippen LogP contribution in [0.5, 0.6) is 0 Å². The van der Waals surface area contributed by atoms with E-state index in [2.05, 4.69) is 38.3 Å². The van der Waals surface area contributed by atoms with Crippen LogP contribution in [0.4, 0.5) is 0 Å². The van der Waals surface area contributed by atoms with Gasteiger partial charge in [0.15, 0.2) is 0 Å². The lowest BCUT2D eigenvalue weighted by Crippen LogP contribution is -2.28. The molecule has 14 heavy (non-hydrogen) atoms. The van der Waals surface area contributed by atoms with E-state index in [4.69, 9.17) is 23.2 Å². The maximum absolute atomic E-state index is 5.90. The molecule has 84 valence electrons. The van der Waals surface area contributed by atoms with E-state index in [9.17, 15) is 0 Å². The highest BCUT2D eigenvalue weighted by Crippen LogP contribution is 2.15. The zero-order chi connectivity index (χ0) is 11.2. The second-order valence-corrected chi connectivity index (χ2v) is 17.1. The van der Waals surface area contributed by atoms with E-state index in [0.717, 1.165) is 11.0 Å². The van der Waals surface area contributed by atoms with Crippen molar-refractivity contribution in [1.82, 2.24) is 0 Å². The molecule has 0 unspecified atom stereocenters. The zero-order valence-electron chi connectivity index (χ0n) is 9.74. The summed E-state index contributed by atoms with van der Waals surface area (Å²) < 4.78 is 0. The summed E-state index contributed by atoms with van der Waals surface area (Å²) in [7, 11) is -2.25.